The van der Waals surface area contributed by atoms with Gasteiger partial charge in [0.2, 0.25) is 0 Å². The van der Waals surface area contributed by atoms with Gasteiger partial charge in [-0.1, -0.05) is 23.7 Å². The molecular weight excluding hydrogens is 415 g/mol. The highest BCUT2D eigenvalue weighted by molar-refractivity contribution is 7.14. The van der Waals surface area contributed by atoms with Crippen molar-refractivity contribution in [1.29, 1.82) is 0 Å². The van der Waals surface area contributed by atoms with Crippen LogP contribution < -0.4 is 11.1 Å². The molecule has 1 aliphatic rings. The van der Waals surface area contributed by atoms with Crippen molar-refractivity contribution in [3.05, 3.63) is 62.7 Å². The van der Waals surface area contributed by atoms with Crippen molar-refractivity contribution < 1.29 is 14.3 Å². The molecule has 1 aliphatic heterocycles. The van der Waals surface area contributed by atoms with Crippen molar-refractivity contribution in [3.63, 3.8) is 0 Å². The number of carbonyl (C=O) groups excluding carboxylic acids is 1. The van der Waals surface area contributed by atoms with E-state index in [0.29, 0.717) is 39.9 Å². The fourth-order valence-electron chi connectivity index (χ4n) is 3.52. The molecule has 1 amide bonds. The highest BCUT2D eigenvalue weighted by atomic mass is 35.5. The van der Waals surface area contributed by atoms with Gasteiger partial charge in [-0.3, -0.25) is 9.48 Å². The van der Waals surface area contributed by atoms with Gasteiger partial charge in [0, 0.05) is 29.6 Å². The number of nitrogens with zero attached hydrogens (tertiary/aromatic N) is 2. The number of hydrogen-bond donors (Lipinski definition) is 3. The summed E-state index contributed by atoms with van der Waals surface area (Å²) in [4.78, 5) is 14.0. The summed E-state index contributed by atoms with van der Waals surface area (Å²) in [6.45, 7) is 0.767. The number of aliphatic hydroxyl groups excluding tert-OH is 1. The monoisotopic (exact) mass is 434 g/mol. The average molecular weight is 435 g/mol. The van der Waals surface area contributed by atoms with Gasteiger partial charge in [0.05, 0.1) is 27.9 Å². The molecule has 0 saturated carbocycles. The number of carbonyl (C=O) groups is 1. The maximum atomic E-state index is 13.4. The Hall–Kier alpha value is -2.26. The van der Waals surface area contributed by atoms with Crippen molar-refractivity contribution >= 4 is 28.8 Å². The van der Waals surface area contributed by atoms with E-state index in [1.165, 1.54) is 23.5 Å². The molecule has 3 heterocycles. The van der Waals surface area contributed by atoms with E-state index in [2.05, 4.69) is 10.4 Å². The molecule has 0 spiro atoms. The summed E-state index contributed by atoms with van der Waals surface area (Å²) >= 11 is 7.54. The van der Waals surface area contributed by atoms with E-state index in [-0.39, 0.29) is 24.3 Å². The SMILES string of the molecule is NCC(Cc1cccc(F)c1)NC(=O)c1cc2c(s1)C(O)CCn1ncc(Cl)c1-2. The number of aliphatic hydroxyl groups is 1. The van der Waals surface area contributed by atoms with Crippen LogP contribution in [0.3, 0.4) is 0 Å². The molecule has 0 aliphatic carbocycles. The lowest BCUT2D eigenvalue weighted by atomic mass is 10.1. The standard InChI is InChI=1S/C20H20ClFN4O2S/c21-15-10-24-26-5-4-16(27)19-14(18(15)26)8-17(29-19)20(28)25-13(9-23)7-11-2-1-3-12(22)6-11/h1-3,6,8,10,13,16,27H,4-5,7,9,23H2,(H,25,28). The quantitative estimate of drug-likeness (QED) is 0.575. The van der Waals surface area contributed by atoms with Gasteiger partial charge in [0.15, 0.2) is 0 Å². The third-order valence-corrected chi connectivity index (χ3v) is 6.45. The zero-order valence-electron chi connectivity index (χ0n) is 15.4. The van der Waals surface area contributed by atoms with Gasteiger partial charge in [-0.05, 0) is 36.6 Å². The van der Waals surface area contributed by atoms with Gasteiger partial charge in [-0.15, -0.1) is 11.3 Å². The molecule has 2 unspecified atom stereocenters. The minimum atomic E-state index is -0.688. The summed E-state index contributed by atoms with van der Waals surface area (Å²) in [5.74, 6) is -0.613. The normalized spacial score (nSPS) is 16.6. The van der Waals surface area contributed by atoms with E-state index in [9.17, 15) is 14.3 Å². The Kier molecular flexibility index (Phi) is 5.69. The molecule has 6 nitrogen and oxygen atoms in total. The summed E-state index contributed by atoms with van der Waals surface area (Å²) in [5.41, 5.74) is 8.01. The van der Waals surface area contributed by atoms with Gasteiger partial charge >= 0.3 is 0 Å². The minimum Gasteiger partial charge on any atom is -0.387 e. The summed E-state index contributed by atoms with van der Waals surface area (Å²) < 4.78 is 15.2. The highest BCUT2D eigenvalue weighted by Crippen LogP contribution is 2.42. The van der Waals surface area contributed by atoms with Crippen molar-refractivity contribution in [1.82, 2.24) is 15.1 Å². The Balaban J connectivity index is 1.57. The predicted molar refractivity (Wildman–Crippen MR) is 111 cm³/mol. The third kappa shape index (κ3) is 4.06. The number of aromatic nitrogens is 2. The Morgan fingerprint density at radius 2 is 2.31 bits per heavy atom. The molecule has 3 aromatic rings. The molecule has 0 saturated heterocycles. The summed E-state index contributed by atoms with van der Waals surface area (Å²) in [6.07, 6.45) is 1.79. The van der Waals surface area contributed by atoms with E-state index in [4.69, 9.17) is 17.3 Å². The zero-order chi connectivity index (χ0) is 20.5. The van der Waals surface area contributed by atoms with Gasteiger partial charge in [0.1, 0.15) is 5.82 Å². The molecule has 2 aromatic heterocycles. The van der Waals surface area contributed by atoms with Crippen LogP contribution in [0.2, 0.25) is 5.02 Å². The summed E-state index contributed by atoms with van der Waals surface area (Å²) in [7, 11) is 0. The number of nitrogens with two attached hydrogens (primary N) is 1. The van der Waals surface area contributed by atoms with Crippen molar-refractivity contribution in [2.75, 3.05) is 6.54 Å². The first-order chi connectivity index (χ1) is 14.0. The molecule has 4 N–H and O–H groups in total. The number of fused-ring (bicyclic) bond motifs is 3. The van der Waals surface area contributed by atoms with Crippen molar-refractivity contribution in [2.24, 2.45) is 5.73 Å². The number of nitrogens with one attached hydrogen (secondary N) is 1. The van der Waals surface area contributed by atoms with Crippen LogP contribution in [0, 0.1) is 5.82 Å². The lowest BCUT2D eigenvalue weighted by Crippen LogP contribution is -2.41. The second kappa shape index (κ2) is 8.23. The molecule has 0 radical (unpaired) electrons. The van der Waals surface area contributed by atoms with Crippen LogP contribution >= 0.6 is 22.9 Å². The fourth-order valence-corrected chi connectivity index (χ4v) is 4.85. The minimum absolute atomic E-state index is 0.217. The lowest BCUT2D eigenvalue weighted by molar-refractivity contribution is 0.0942. The van der Waals surface area contributed by atoms with Crippen LogP contribution in [0.25, 0.3) is 11.3 Å². The number of halogens is 2. The Labute approximate surface area is 176 Å². The maximum Gasteiger partial charge on any atom is 0.261 e. The van der Waals surface area contributed by atoms with Gasteiger partial charge in [-0.2, -0.15) is 5.10 Å². The molecule has 0 fully saturated rings. The Morgan fingerprint density at radius 3 is 3.07 bits per heavy atom. The second-order valence-corrected chi connectivity index (χ2v) is 8.49. The molecule has 0 bridgehead atoms. The maximum absolute atomic E-state index is 13.4. The van der Waals surface area contributed by atoms with Crippen LogP contribution in [0.1, 0.15) is 32.6 Å². The van der Waals surface area contributed by atoms with Crippen LogP contribution in [0.5, 0.6) is 0 Å². The third-order valence-electron chi connectivity index (χ3n) is 4.94. The smallest absolute Gasteiger partial charge is 0.261 e. The molecule has 152 valence electrons. The molecular formula is C20H20ClFN4O2S. The number of thiophene rings is 1. The number of rotatable bonds is 5. The van der Waals surface area contributed by atoms with Crippen LogP contribution in [-0.4, -0.2) is 33.4 Å². The molecule has 9 heteroatoms. The topological polar surface area (TPSA) is 93.2 Å². The van der Waals surface area contributed by atoms with Crippen molar-refractivity contribution in [2.45, 2.75) is 31.5 Å². The molecule has 1 aromatic carbocycles. The van der Waals surface area contributed by atoms with E-state index in [0.717, 1.165) is 11.1 Å². The zero-order valence-corrected chi connectivity index (χ0v) is 17.0. The number of benzene rings is 1. The van der Waals surface area contributed by atoms with Gasteiger partial charge < -0.3 is 16.2 Å². The fraction of sp³-hybridized carbons (Fsp3) is 0.300. The first-order valence-electron chi connectivity index (χ1n) is 9.25. The summed E-state index contributed by atoms with van der Waals surface area (Å²) in [6, 6.07) is 7.63. The Bertz CT molecular complexity index is 1050. The number of amides is 1. The second-order valence-electron chi connectivity index (χ2n) is 7.00. The summed E-state index contributed by atoms with van der Waals surface area (Å²) in [5, 5.41) is 18.1. The van der Waals surface area contributed by atoms with Crippen LogP contribution in [-0.2, 0) is 13.0 Å². The first kappa shape index (κ1) is 20.0. The first-order valence-corrected chi connectivity index (χ1v) is 10.4. The molecule has 2 atom stereocenters. The predicted octanol–water partition coefficient (Wildman–Crippen LogP) is 3.14. The number of aryl methyl sites for hydroxylation is 1. The largest absolute Gasteiger partial charge is 0.387 e. The van der Waals surface area contributed by atoms with Gasteiger partial charge in [0.25, 0.3) is 5.91 Å². The van der Waals surface area contributed by atoms with E-state index < -0.39 is 6.10 Å². The average Bonchev–Trinajstić information content (AvgIpc) is 3.26. The van der Waals surface area contributed by atoms with Gasteiger partial charge in [-0.25, -0.2) is 4.39 Å². The van der Waals surface area contributed by atoms with E-state index in [1.807, 2.05) is 0 Å². The van der Waals surface area contributed by atoms with Crippen molar-refractivity contribution in [3.8, 4) is 11.3 Å². The van der Waals surface area contributed by atoms with E-state index in [1.54, 1.807) is 29.1 Å². The van der Waals surface area contributed by atoms with Crippen LogP contribution in [0.4, 0.5) is 4.39 Å². The van der Waals surface area contributed by atoms with E-state index >= 15 is 0 Å². The number of hydrogen-bond acceptors (Lipinski definition) is 5. The highest BCUT2D eigenvalue weighted by Gasteiger charge is 2.28. The lowest BCUT2D eigenvalue weighted by Gasteiger charge is -2.16. The molecule has 29 heavy (non-hydrogen) atoms. The Morgan fingerprint density at radius 1 is 1.48 bits per heavy atom. The molecule has 4 rings (SSSR count). The van der Waals surface area contributed by atoms with Crippen LogP contribution in [0.15, 0.2) is 36.5 Å².